The van der Waals surface area contributed by atoms with Crippen molar-refractivity contribution in [3.8, 4) is 10.6 Å². The molecule has 29 heavy (non-hydrogen) atoms. The molecule has 0 saturated heterocycles. The predicted molar refractivity (Wildman–Crippen MR) is 113 cm³/mol. The van der Waals surface area contributed by atoms with E-state index in [-0.39, 0.29) is 24.6 Å². The number of hydrogen-bond donors (Lipinski definition) is 1. The van der Waals surface area contributed by atoms with Crippen LogP contribution in [0.15, 0.2) is 53.3 Å². The highest BCUT2D eigenvalue weighted by Crippen LogP contribution is 2.27. The summed E-state index contributed by atoms with van der Waals surface area (Å²) in [4.78, 5) is 34.3. The fourth-order valence-corrected chi connectivity index (χ4v) is 3.94. The van der Waals surface area contributed by atoms with Gasteiger partial charge in [-0.2, -0.15) is 5.10 Å². The van der Waals surface area contributed by atoms with Gasteiger partial charge in [0.2, 0.25) is 0 Å². The van der Waals surface area contributed by atoms with Gasteiger partial charge in [-0.3, -0.25) is 9.59 Å². The number of nitrogens with zero attached hydrogens (tertiary/aromatic N) is 4. The zero-order valence-electron chi connectivity index (χ0n) is 16.0. The molecule has 0 atom stereocenters. The minimum Gasteiger partial charge on any atom is -0.349 e. The lowest BCUT2D eigenvalue weighted by atomic mass is 10.2. The molecule has 0 aliphatic rings. The molecule has 4 rings (SSSR count). The summed E-state index contributed by atoms with van der Waals surface area (Å²) in [6.45, 7) is 4.40. The van der Waals surface area contributed by atoms with E-state index in [0.29, 0.717) is 11.4 Å². The quantitative estimate of drug-likeness (QED) is 0.551. The molecule has 7 nitrogen and oxygen atoms in total. The molecule has 0 radical (unpaired) electrons. The number of fused-ring (bicyclic) bond motifs is 1. The van der Waals surface area contributed by atoms with Crippen LogP contribution in [0.2, 0.25) is 0 Å². The second-order valence-electron chi connectivity index (χ2n) is 6.57. The van der Waals surface area contributed by atoms with Crippen LogP contribution in [0.3, 0.4) is 0 Å². The third-order valence-electron chi connectivity index (χ3n) is 4.44. The van der Waals surface area contributed by atoms with Crippen molar-refractivity contribution in [3.63, 3.8) is 0 Å². The van der Waals surface area contributed by atoms with Gasteiger partial charge >= 0.3 is 0 Å². The van der Waals surface area contributed by atoms with Crippen LogP contribution in [0.4, 0.5) is 0 Å². The molecule has 8 heteroatoms. The molecule has 1 aromatic carbocycles. The summed E-state index contributed by atoms with van der Waals surface area (Å²) in [5, 5.41) is 9.17. The van der Waals surface area contributed by atoms with Gasteiger partial charge in [-0.25, -0.2) is 14.6 Å². The molecule has 0 fully saturated rings. The highest BCUT2D eigenvalue weighted by molar-refractivity contribution is 7.15. The van der Waals surface area contributed by atoms with Crippen molar-refractivity contribution >= 4 is 28.1 Å². The lowest BCUT2D eigenvalue weighted by molar-refractivity contribution is 0.0947. The van der Waals surface area contributed by atoms with Crippen LogP contribution in [0, 0.1) is 13.8 Å². The van der Waals surface area contributed by atoms with Crippen LogP contribution < -0.4 is 10.9 Å². The summed E-state index contributed by atoms with van der Waals surface area (Å²) in [6, 6.07) is 14.4. The van der Waals surface area contributed by atoms with Crippen LogP contribution in [-0.4, -0.2) is 32.2 Å². The van der Waals surface area contributed by atoms with Gasteiger partial charge in [-0.05, 0) is 32.0 Å². The summed E-state index contributed by atoms with van der Waals surface area (Å²) in [7, 11) is 0. The van der Waals surface area contributed by atoms with Crippen molar-refractivity contribution in [2.75, 3.05) is 6.54 Å². The van der Waals surface area contributed by atoms with Crippen molar-refractivity contribution in [1.29, 1.82) is 0 Å². The number of pyridine rings is 1. The molecular weight excluding hydrogens is 386 g/mol. The number of carbonyl (C=O) groups is 1. The largest absolute Gasteiger partial charge is 0.349 e. The summed E-state index contributed by atoms with van der Waals surface area (Å²) in [5.74, 6) is -0.283. The first-order valence-electron chi connectivity index (χ1n) is 9.18. The standard InChI is InChI=1S/C21H19N5O2S/c1-13-20(29-14(2)23-13)17-9-10-19(27)26(25-17)12-11-22-21(28)18-8-7-15-5-3-4-6-16(15)24-18/h3-10H,11-12H2,1-2H3,(H,22,28). The SMILES string of the molecule is Cc1nc(C)c(-c2ccc(=O)n(CCNC(=O)c3ccc4ccccc4n3)n2)s1. The Hall–Kier alpha value is -3.39. The molecule has 0 spiro atoms. The van der Waals surface area contributed by atoms with Gasteiger partial charge in [0.1, 0.15) is 11.4 Å². The van der Waals surface area contributed by atoms with Crippen molar-refractivity contribution in [2.45, 2.75) is 20.4 Å². The van der Waals surface area contributed by atoms with Gasteiger partial charge in [-0.15, -0.1) is 11.3 Å². The number of carbonyl (C=O) groups excluding carboxylic acids is 1. The van der Waals surface area contributed by atoms with E-state index in [0.717, 1.165) is 26.5 Å². The summed E-state index contributed by atoms with van der Waals surface area (Å²) in [5.41, 5.74) is 2.48. The fourth-order valence-electron chi connectivity index (χ4n) is 3.06. The molecule has 0 unspecified atom stereocenters. The zero-order valence-corrected chi connectivity index (χ0v) is 16.9. The molecule has 3 heterocycles. The Bertz CT molecular complexity index is 1260. The van der Waals surface area contributed by atoms with Crippen LogP contribution in [0.5, 0.6) is 0 Å². The van der Waals surface area contributed by atoms with Crippen molar-refractivity contribution < 1.29 is 4.79 Å². The Labute approximate surface area is 171 Å². The minimum atomic E-state index is -0.283. The number of nitrogens with one attached hydrogen (secondary N) is 1. The van der Waals surface area contributed by atoms with Gasteiger partial charge < -0.3 is 5.32 Å². The molecule has 3 aromatic heterocycles. The Morgan fingerprint density at radius 2 is 1.90 bits per heavy atom. The third kappa shape index (κ3) is 4.07. The van der Waals surface area contributed by atoms with Gasteiger partial charge in [0.25, 0.3) is 11.5 Å². The van der Waals surface area contributed by atoms with E-state index in [1.165, 1.54) is 10.7 Å². The maximum atomic E-state index is 12.4. The van der Waals surface area contributed by atoms with E-state index in [9.17, 15) is 9.59 Å². The normalized spacial score (nSPS) is 11.0. The first-order chi connectivity index (χ1) is 14.0. The molecule has 0 bridgehead atoms. The van der Waals surface area contributed by atoms with E-state index in [4.69, 9.17) is 0 Å². The monoisotopic (exact) mass is 405 g/mol. The molecule has 0 aliphatic carbocycles. The summed E-state index contributed by atoms with van der Waals surface area (Å²) in [6.07, 6.45) is 0. The molecule has 0 aliphatic heterocycles. The maximum Gasteiger partial charge on any atom is 0.269 e. The first kappa shape index (κ1) is 18.9. The average molecular weight is 405 g/mol. The Balaban J connectivity index is 1.46. The second-order valence-corrected chi connectivity index (χ2v) is 7.78. The lowest BCUT2D eigenvalue weighted by Gasteiger charge is -2.08. The molecule has 4 aromatic rings. The van der Waals surface area contributed by atoms with E-state index in [1.54, 1.807) is 23.5 Å². The maximum absolute atomic E-state index is 12.4. The molecule has 146 valence electrons. The zero-order chi connectivity index (χ0) is 20.4. The highest BCUT2D eigenvalue weighted by atomic mass is 32.1. The predicted octanol–water partition coefficient (Wildman–Crippen LogP) is 2.96. The topological polar surface area (TPSA) is 89.8 Å². The number of hydrogen-bond acceptors (Lipinski definition) is 6. The van der Waals surface area contributed by atoms with E-state index < -0.39 is 0 Å². The number of amides is 1. The number of benzene rings is 1. The summed E-state index contributed by atoms with van der Waals surface area (Å²) >= 11 is 1.54. The smallest absolute Gasteiger partial charge is 0.269 e. The van der Waals surface area contributed by atoms with Crippen LogP contribution in [0.1, 0.15) is 21.2 Å². The third-order valence-corrected chi connectivity index (χ3v) is 5.54. The van der Waals surface area contributed by atoms with Crippen molar-refractivity contribution in [3.05, 3.63) is 75.3 Å². The number of aryl methyl sites for hydroxylation is 2. The molecule has 1 N–H and O–H groups in total. The van der Waals surface area contributed by atoms with Gasteiger partial charge in [0, 0.05) is 18.0 Å². The Kier molecular flexibility index (Phi) is 5.18. The Morgan fingerprint density at radius 1 is 1.07 bits per heavy atom. The average Bonchev–Trinajstić information content (AvgIpc) is 3.07. The van der Waals surface area contributed by atoms with E-state index in [2.05, 4.69) is 20.4 Å². The van der Waals surface area contributed by atoms with E-state index >= 15 is 0 Å². The lowest BCUT2D eigenvalue weighted by Crippen LogP contribution is -2.32. The number of aromatic nitrogens is 4. The van der Waals surface area contributed by atoms with Crippen LogP contribution in [0.25, 0.3) is 21.5 Å². The number of para-hydroxylation sites is 1. The second kappa shape index (κ2) is 7.92. The molecule has 0 saturated carbocycles. The molecular formula is C21H19N5O2S. The fraction of sp³-hybridized carbons (Fsp3) is 0.190. The van der Waals surface area contributed by atoms with Gasteiger partial charge in [0.05, 0.1) is 27.6 Å². The van der Waals surface area contributed by atoms with Crippen LogP contribution in [-0.2, 0) is 6.54 Å². The van der Waals surface area contributed by atoms with Gasteiger partial charge in [-0.1, -0.05) is 24.3 Å². The number of rotatable bonds is 5. The van der Waals surface area contributed by atoms with E-state index in [1.807, 2.05) is 44.2 Å². The summed E-state index contributed by atoms with van der Waals surface area (Å²) < 4.78 is 1.36. The van der Waals surface area contributed by atoms with Gasteiger partial charge in [0.15, 0.2) is 0 Å². The van der Waals surface area contributed by atoms with Crippen LogP contribution >= 0.6 is 11.3 Å². The minimum absolute atomic E-state index is 0.217. The number of thiazole rings is 1. The highest BCUT2D eigenvalue weighted by Gasteiger charge is 2.12. The van der Waals surface area contributed by atoms with Crippen molar-refractivity contribution in [1.82, 2.24) is 25.1 Å². The van der Waals surface area contributed by atoms with Crippen molar-refractivity contribution in [2.24, 2.45) is 0 Å². The Morgan fingerprint density at radius 3 is 2.69 bits per heavy atom. The first-order valence-corrected chi connectivity index (χ1v) is 9.99. The molecule has 1 amide bonds.